The molecular formula is C20H21ClO4. The van der Waals surface area contributed by atoms with Gasteiger partial charge < -0.3 is 9.47 Å². The molecule has 0 atom stereocenters. The molecule has 0 saturated heterocycles. The summed E-state index contributed by atoms with van der Waals surface area (Å²) in [5.74, 6) is -0.527. The van der Waals surface area contributed by atoms with Gasteiger partial charge in [0, 0.05) is 5.02 Å². The molecule has 0 aromatic heterocycles. The average molecular weight is 361 g/mol. The fourth-order valence-corrected chi connectivity index (χ4v) is 2.40. The van der Waals surface area contributed by atoms with Crippen LogP contribution in [0.1, 0.15) is 53.3 Å². The van der Waals surface area contributed by atoms with E-state index < -0.39 is 5.97 Å². The first kappa shape index (κ1) is 19.0. The number of rotatable bonds is 8. The second-order valence-corrected chi connectivity index (χ2v) is 6.06. The molecule has 132 valence electrons. The highest BCUT2D eigenvalue weighted by molar-refractivity contribution is 6.30. The molecule has 0 fully saturated rings. The van der Waals surface area contributed by atoms with Gasteiger partial charge in [0.25, 0.3) is 0 Å². The molecule has 25 heavy (non-hydrogen) atoms. The van der Waals surface area contributed by atoms with E-state index >= 15 is 0 Å². The smallest absolute Gasteiger partial charge is 0.343 e. The van der Waals surface area contributed by atoms with Crippen molar-refractivity contribution in [1.29, 1.82) is 0 Å². The van der Waals surface area contributed by atoms with Crippen LogP contribution in [0.15, 0.2) is 48.5 Å². The second-order valence-electron chi connectivity index (χ2n) is 5.62. The van der Waals surface area contributed by atoms with Crippen LogP contribution in [0.5, 0.6) is 5.75 Å². The number of benzene rings is 2. The lowest BCUT2D eigenvalue weighted by atomic mass is 10.1. The first-order valence-corrected chi connectivity index (χ1v) is 8.73. The van der Waals surface area contributed by atoms with Gasteiger partial charge in [-0.05, 0) is 48.9 Å². The fourth-order valence-electron chi connectivity index (χ4n) is 2.22. The topological polar surface area (TPSA) is 52.6 Å². The van der Waals surface area contributed by atoms with Crippen molar-refractivity contribution in [3.63, 3.8) is 0 Å². The van der Waals surface area contributed by atoms with E-state index in [1.807, 2.05) is 0 Å². The first-order valence-electron chi connectivity index (χ1n) is 8.35. The Balaban J connectivity index is 1.88. The Hall–Kier alpha value is -2.33. The number of carbonyl (C=O) groups excluding carboxylic acids is 2. The van der Waals surface area contributed by atoms with E-state index in [2.05, 4.69) is 6.92 Å². The lowest BCUT2D eigenvalue weighted by Crippen LogP contribution is -2.10. The summed E-state index contributed by atoms with van der Waals surface area (Å²) >= 11 is 5.86. The third-order valence-corrected chi connectivity index (χ3v) is 3.83. The van der Waals surface area contributed by atoms with Gasteiger partial charge in [-0.2, -0.15) is 0 Å². The highest BCUT2D eigenvalue weighted by Gasteiger charge is 2.12. The summed E-state index contributed by atoms with van der Waals surface area (Å²) in [7, 11) is 0. The van der Waals surface area contributed by atoms with Crippen molar-refractivity contribution in [2.45, 2.75) is 32.6 Å². The third-order valence-electron chi connectivity index (χ3n) is 3.59. The molecule has 0 aliphatic carbocycles. The molecule has 0 bridgehead atoms. The molecule has 0 heterocycles. The molecule has 0 saturated carbocycles. The van der Waals surface area contributed by atoms with Crippen molar-refractivity contribution in [3.8, 4) is 5.75 Å². The van der Waals surface area contributed by atoms with E-state index in [1.165, 1.54) is 0 Å². The molecule has 0 aliphatic rings. The van der Waals surface area contributed by atoms with Crippen molar-refractivity contribution < 1.29 is 19.1 Å². The number of carbonyl (C=O) groups is 2. The Morgan fingerprint density at radius 1 is 0.920 bits per heavy atom. The van der Waals surface area contributed by atoms with E-state index in [1.54, 1.807) is 48.5 Å². The molecule has 0 radical (unpaired) electrons. The lowest BCUT2D eigenvalue weighted by Gasteiger charge is -2.07. The van der Waals surface area contributed by atoms with Crippen LogP contribution < -0.4 is 4.74 Å². The third kappa shape index (κ3) is 6.24. The van der Waals surface area contributed by atoms with E-state index in [4.69, 9.17) is 21.1 Å². The van der Waals surface area contributed by atoms with Crippen LogP contribution >= 0.6 is 11.6 Å². The standard InChI is InChI=1S/C20H21ClO4/c1-2-3-4-5-13-24-19(22)15-9-11-16(12-10-15)20(23)25-18-8-6-7-17(21)14-18/h6-12,14H,2-5,13H2,1H3. The zero-order chi connectivity index (χ0) is 18.1. The van der Waals surface area contributed by atoms with Crippen molar-refractivity contribution in [2.75, 3.05) is 6.61 Å². The molecular weight excluding hydrogens is 340 g/mol. The molecule has 0 unspecified atom stereocenters. The zero-order valence-corrected chi connectivity index (χ0v) is 14.9. The summed E-state index contributed by atoms with van der Waals surface area (Å²) in [5, 5.41) is 0.488. The SMILES string of the molecule is CCCCCCOC(=O)c1ccc(C(=O)Oc2cccc(Cl)c2)cc1. The quantitative estimate of drug-likeness (QED) is 0.364. The van der Waals surface area contributed by atoms with Gasteiger partial charge in [0.1, 0.15) is 5.75 Å². The van der Waals surface area contributed by atoms with Crippen LogP contribution in [0.4, 0.5) is 0 Å². The predicted molar refractivity (Wildman–Crippen MR) is 97.3 cm³/mol. The summed E-state index contributed by atoms with van der Waals surface area (Å²) in [4.78, 5) is 24.0. The Kier molecular flexibility index (Phi) is 7.48. The molecule has 0 spiro atoms. The summed E-state index contributed by atoms with van der Waals surface area (Å²) in [6.45, 7) is 2.54. The van der Waals surface area contributed by atoms with E-state index in [0.717, 1.165) is 25.7 Å². The summed E-state index contributed by atoms with van der Waals surface area (Å²) < 4.78 is 10.5. The van der Waals surface area contributed by atoms with Gasteiger partial charge in [0.2, 0.25) is 0 Å². The van der Waals surface area contributed by atoms with E-state index in [-0.39, 0.29) is 5.97 Å². The highest BCUT2D eigenvalue weighted by atomic mass is 35.5. The summed E-state index contributed by atoms with van der Waals surface area (Å²) in [6, 6.07) is 12.8. The van der Waals surface area contributed by atoms with Crippen LogP contribution in [0.25, 0.3) is 0 Å². The highest BCUT2D eigenvalue weighted by Crippen LogP contribution is 2.18. The van der Waals surface area contributed by atoms with Gasteiger partial charge in [-0.25, -0.2) is 9.59 Å². The number of esters is 2. The minimum atomic E-state index is -0.512. The normalized spacial score (nSPS) is 10.3. The predicted octanol–water partition coefficient (Wildman–Crippen LogP) is 5.30. The van der Waals surface area contributed by atoms with Crippen LogP contribution in [0.2, 0.25) is 5.02 Å². The molecule has 0 amide bonds. The Bertz CT molecular complexity index is 710. The van der Waals surface area contributed by atoms with Gasteiger partial charge in [0.15, 0.2) is 0 Å². The Labute approximate surface area is 152 Å². The average Bonchev–Trinajstić information content (AvgIpc) is 2.61. The van der Waals surface area contributed by atoms with Crippen LogP contribution in [0, 0.1) is 0 Å². The largest absolute Gasteiger partial charge is 0.462 e. The van der Waals surface area contributed by atoms with Crippen molar-refractivity contribution in [3.05, 3.63) is 64.7 Å². The van der Waals surface area contributed by atoms with Crippen LogP contribution in [0.3, 0.4) is 0 Å². The van der Waals surface area contributed by atoms with Gasteiger partial charge in [-0.1, -0.05) is 43.9 Å². The van der Waals surface area contributed by atoms with Gasteiger partial charge >= 0.3 is 11.9 Å². The number of hydrogen-bond donors (Lipinski definition) is 0. The molecule has 2 rings (SSSR count). The minimum Gasteiger partial charge on any atom is -0.462 e. The summed E-state index contributed by atoms with van der Waals surface area (Å²) in [6.07, 6.45) is 4.20. The zero-order valence-electron chi connectivity index (χ0n) is 14.2. The number of halogens is 1. The molecule has 2 aromatic rings. The van der Waals surface area contributed by atoms with Gasteiger partial charge in [-0.3, -0.25) is 0 Å². The number of hydrogen-bond acceptors (Lipinski definition) is 4. The van der Waals surface area contributed by atoms with Crippen LogP contribution in [-0.2, 0) is 4.74 Å². The molecule has 2 aromatic carbocycles. The maximum absolute atomic E-state index is 12.1. The minimum absolute atomic E-state index is 0.347. The van der Waals surface area contributed by atoms with Gasteiger partial charge in [-0.15, -0.1) is 0 Å². The van der Waals surface area contributed by atoms with Crippen LogP contribution in [-0.4, -0.2) is 18.5 Å². The fraction of sp³-hybridized carbons (Fsp3) is 0.300. The van der Waals surface area contributed by atoms with E-state index in [0.29, 0.717) is 28.5 Å². The molecule has 4 nitrogen and oxygen atoms in total. The molecule has 0 N–H and O–H groups in total. The lowest BCUT2D eigenvalue weighted by molar-refractivity contribution is 0.0497. The van der Waals surface area contributed by atoms with E-state index in [9.17, 15) is 9.59 Å². The van der Waals surface area contributed by atoms with Crippen molar-refractivity contribution >= 4 is 23.5 Å². The number of unbranched alkanes of at least 4 members (excludes halogenated alkanes) is 3. The maximum Gasteiger partial charge on any atom is 0.343 e. The summed E-state index contributed by atoms with van der Waals surface area (Å²) in [5.41, 5.74) is 0.759. The monoisotopic (exact) mass is 360 g/mol. The second kappa shape index (κ2) is 9.84. The maximum atomic E-state index is 12.1. The Morgan fingerprint density at radius 3 is 2.24 bits per heavy atom. The molecule has 5 heteroatoms. The van der Waals surface area contributed by atoms with Crippen molar-refractivity contribution in [2.24, 2.45) is 0 Å². The number of ether oxygens (including phenoxy) is 2. The first-order chi connectivity index (χ1) is 12.1. The van der Waals surface area contributed by atoms with Gasteiger partial charge in [0.05, 0.1) is 17.7 Å². The van der Waals surface area contributed by atoms with Crippen molar-refractivity contribution in [1.82, 2.24) is 0 Å². The molecule has 0 aliphatic heterocycles. The Morgan fingerprint density at radius 2 is 1.60 bits per heavy atom.